The van der Waals surface area contributed by atoms with E-state index in [2.05, 4.69) is 38.0 Å². The number of fused-ring (bicyclic) bond motifs is 1. The van der Waals surface area contributed by atoms with Gasteiger partial charge in [-0.3, -0.25) is 14.5 Å². The second kappa shape index (κ2) is 12.1. The van der Waals surface area contributed by atoms with Crippen LogP contribution in [0.2, 0.25) is 0 Å². The zero-order valence-electron chi connectivity index (χ0n) is 23.6. The molecule has 0 bridgehead atoms. The van der Waals surface area contributed by atoms with Crippen LogP contribution in [0.4, 0.5) is 10.2 Å². The van der Waals surface area contributed by atoms with Crippen molar-refractivity contribution in [2.45, 2.75) is 19.3 Å². The lowest BCUT2D eigenvalue weighted by molar-refractivity contribution is -0.131. The Morgan fingerprint density at radius 2 is 1.79 bits per heavy atom. The van der Waals surface area contributed by atoms with Crippen LogP contribution in [0.3, 0.4) is 0 Å². The van der Waals surface area contributed by atoms with Gasteiger partial charge in [0.15, 0.2) is 0 Å². The van der Waals surface area contributed by atoms with Gasteiger partial charge in [0.1, 0.15) is 17.7 Å². The molecule has 0 aliphatic carbocycles. The first-order chi connectivity index (χ1) is 21.0. The second-order valence-corrected chi connectivity index (χ2v) is 10.3. The monoisotopic (exact) mass is 573 g/mol. The van der Waals surface area contributed by atoms with E-state index in [-0.39, 0.29) is 11.7 Å². The third-order valence-electron chi connectivity index (χ3n) is 7.43. The fourth-order valence-corrected chi connectivity index (χ4v) is 5.15. The van der Waals surface area contributed by atoms with Gasteiger partial charge in [-0.25, -0.2) is 13.9 Å². The van der Waals surface area contributed by atoms with Gasteiger partial charge in [-0.05, 0) is 30.3 Å². The molecule has 0 aromatic carbocycles. The van der Waals surface area contributed by atoms with Gasteiger partial charge in [0.2, 0.25) is 5.91 Å². The number of pyridine rings is 3. The molecule has 0 saturated carbocycles. The molecule has 43 heavy (non-hydrogen) atoms. The van der Waals surface area contributed by atoms with Crippen molar-refractivity contribution in [1.29, 1.82) is 5.26 Å². The van der Waals surface area contributed by atoms with E-state index in [9.17, 15) is 14.4 Å². The molecule has 5 aromatic rings. The van der Waals surface area contributed by atoms with Crippen molar-refractivity contribution in [3.63, 3.8) is 0 Å². The van der Waals surface area contributed by atoms with Crippen molar-refractivity contribution in [2.24, 2.45) is 7.05 Å². The van der Waals surface area contributed by atoms with E-state index in [0.29, 0.717) is 56.7 Å². The summed E-state index contributed by atoms with van der Waals surface area (Å²) in [4.78, 5) is 25.5. The summed E-state index contributed by atoms with van der Waals surface area (Å²) in [6, 6.07) is 11.3. The molecule has 6 heterocycles. The molecule has 214 valence electrons. The Kier molecular flexibility index (Phi) is 7.79. The highest BCUT2D eigenvalue weighted by atomic mass is 19.1. The molecule has 0 spiro atoms. The molecular weight excluding hydrogens is 545 g/mol. The average Bonchev–Trinajstić information content (AvgIpc) is 3.67. The standard InChI is InChI=1S/C32H28FN9O/c1-39-21-26(19-37-39)24-15-29(32-25(16-34)18-38-42(32)22-24)23-7-10-30(36-17-23)40-11-13-41(14-12-40)31(43)6-4-2-3-5-28-9-8-27(33)20-35-28/h7-10,15,17-22H,4-6,11-14H2,1H3. The summed E-state index contributed by atoms with van der Waals surface area (Å²) in [6.45, 7) is 2.60. The van der Waals surface area contributed by atoms with E-state index in [4.69, 9.17) is 4.98 Å². The molecule has 6 rings (SSSR count). The number of halogens is 1. The molecule has 10 nitrogen and oxygen atoms in total. The third kappa shape index (κ3) is 6.07. The Balaban J connectivity index is 1.08. The number of nitriles is 1. The summed E-state index contributed by atoms with van der Waals surface area (Å²) in [5.74, 6) is 6.58. The number of piperazine rings is 1. The number of hydrogen-bond acceptors (Lipinski definition) is 7. The molecule has 1 aliphatic heterocycles. The highest BCUT2D eigenvalue weighted by molar-refractivity contribution is 5.87. The maximum Gasteiger partial charge on any atom is 0.223 e. The summed E-state index contributed by atoms with van der Waals surface area (Å²) >= 11 is 0. The molecule has 0 unspecified atom stereocenters. The maximum atomic E-state index is 13.0. The number of carbonyl (C=O) groups is 1. The Labute approximate surface area is 248 Å². The number of aromatic nitrogens is 6. The number of amides is 1. The number of carbonyl (C=O) groups excluding carboxylic acids is 1. The highest BCUT2D eigenvalue weighted by Crippen LogP contribution is 2.32. The van der Waals surface area contributed by atoms with Gasteiger partial charge in [0.05, 0.1) is 41.8 Å². The predicted molar refractivity (Wildman–Crippen MR) is 159 cm³/mol. The molecule has 1 saturated heterocycles. The van der Waals surface area contributed by atoms with Crippen molar-refractivity contribution in [2.75, 3.05) is 31.1 Å². The van der Waals surface area contributed by atoms with Crippen LogP contribution < -0.4 is 4.90 Å². The maximum absolute atomic E-state index is 13.0. The highest BCUT2D eigenvalue weighted by Gasteiger charge is 2.22. The third-order valence-corrected chi connectivity index (χ3v) is 7.43. The van der Waals surface area contributed by atoms with Gasteiger partial charge in [0, 0.05) is 86.9 Å². The predicted octanol–water partition coefficient (Wildman–Crippen LogP) is 3.88. The number of anilines is 1. The molecule has 1 amide bonds. The second-order valence-electron chi connectivity index (χ2n) is 10.3. The molecule has 0 N–H and O–H groups in total. The number of nitrogens with zero attached hydrogens (tertiary/aromatic N) is 9. The molecule has 1 aliphatic rings. The van der Waals surface area contributed by atoms with Crippen LogP contribution in [-0.2, 0) is 18.3 Å². The van der Waals surface area contributed by atoms with Crippen molar-refractivity contribution in [1.82, 2.24) is 34.3 Å². The first-order valence-electron chi connectivity index (χ1n) is 13.9. The summed E-state index contributed by atoms with van der Waals surface area (Å²) in [7, 11) is 1.87. The van der Waals surface area contributed by atoms with Crippen LogP contribution in [0.15, 0.2) is 67.5 Å². The minimum Gasteiger partial charge on any atom is -0.353 e. The molecule has 0 radical (unpaired) electrons. The van der Waals surface area contributed by atoms with Gasteiger partial charge >= 0.3 is 0 Å². The van der Waals surface area contributed by atoms with Crippen LogP contribution in [0, 0.1) is 29.0 Å². The normalized spacial score (nSPS) is 13.0. The first kappa shape index (κ1) is 27.6. The Bertz CT molecular complexity index is 1870. The van der Waals surface area contributed by atoms with E-state index >= 15 is 0 Å². The van der Waals surface area contributed by atoms with Gasteiger partial charge in [0.25, 0.3) is 0 Å². The Morgan fingerprint density at radius 1 is 0.930 bits per heavy atom. The smallest absolute Gasteiger partial charge is 0.223 e. The Morgan fingerprint density at radius 3 is 2.49 bits per heavy atom. The quantitative estimate of drug-likeness (QED) is 0.284. The van der Waals surface area contributed by atoms with Gasteiger partial charge in [-0.2, -0.15) is 15.5 Å². The van der Waals surface area contributed by atoms with E-state index in [1.165, 1.54) is 12.3 Å². The summed E-state index contributed by atoms with van der Waals surface area (Å²) in [5.41, 5.74) is 5.55. The number of hydrogen-bond donors (Lipinski definition) is 0. The topological polar surface area (TPSA) is 108 Å². The lowest BCUT2D eigenvalue weighted by Crippen LogP contribution is -2.49. The van der Waals surface area contributed by atoms with Gasteiger partial charge in [-0.1, -0.05) is 5.92 Å². The van der Waals surface area contributed by atoms with Crippen molar-refractivity contribution >= 4 is 17.2 Å². The SMILES string of the molecule is Cn1cc(-c2cc(-c3ccc(N4CCN(C(=O)CCC#CCc5ccc(F)cn5)CC4)nc3)c3c(C#N)cnn3c2)cn1. The lowest BCUT2D eigenvalue weighted by atomic mass is 10.0. The summed E-state index contributed by atoms with van der Waals surface area (Å²) in [6.07, 6.45) is 11.5. The van der Waals surface area contributed by atoms with Gasteiger partial charge < -0.3 is 9.80 Å². The fraction of sp³-hybridized carbons (Fsp3) is 0.250. The molecule has 11 heteroatoms. The minimum absolute atomic E-state index is 0.0868. The van der Waals surface area contributed by atoms with Crippen molar-refractivity contribution < 1.29 is 9.18 Å². The van der Waals surface area contributed by atoms with E-state index in [1.54, 1.807) is 27.7 Å². The van der Waals surface area contributed by atoms with E-state index in [1.807, 2.05) is 48.7 Å². The number of aryl methyl sites for hydroxylation is 1. The largest absolute Gasteiger partial charge is 0.353 e. The van der Waals surface area contributed by atoms with Crippen molar-refractivity contribution in [3.05, 3.63) is 84.6 Å². The molecule has 5 aromatic heterocycles. The average molecular weight is 574 g/mol. The zero-order valence-corrected chi connectivity index (χ0v) is 23.6. The van der Waals surface area contributed by atoms with E-state index < -0.39 is 0 Å². The fourth-order valence-electron chi connectivity index (χ4n) is 5.15. The van der Waals surface area contributed by atoms with Crippen molar-refractivity contribution in [3.8, 4) is 40.2 Å². The van der Waals surface area contributed by atoms with Crippen LogP contribution in [0.1, 0.15) is 24.1 Å². The summed E-state index contributed by atoms with van der Waals surface area (Å²) in [5, 5.41) is 18.4. The minimum atomic E-state index is -0.371. The van der Waals surface area contributed by atoms with Crippen LogP contribution in [0.25, 0.3) is 27.8 Å². The molecular formula is C32H28FN9O. The van der Waals surface area contributed by atoms with Gasteiger partial charge in [-0.15, -0.1) is 5.92 Å². The Hall–Kier alpha value is -5.55. The molecule has 0 atom stereocenters. The lowest BCUT2D eigenvalue weighted by Gasteiger charge is -2.35. The molecule has 1 fully saturated rings. The zero-order chi connectivity index (χ0) is 29.8. The number of rotatable bonds is 6. The van der Waals surface area contributed by atoms with E-state index in [0.717, 1.165) is 33.6 Å². The van der Waals surface area contributed by atoms with Crippen LogP contribution in [0.5, 0.6) is 0 Å². The first-order valence-corrected chi connectivity index (χ1v) is 13.9. The van der Waals surface area contributed by atoms with Crippen LogP contribution in [-0.4, -0.2) is 66.3 Å². The van der Waals surface area contributed by atoms with Crippen LogP contribution >= 0.6 is 0 Å². The summed E-state index contributed by atoms with van der Waals surface area (Å²) < 4.78 is 16.4.